The molecule has 3 nitrogen and oxygen atoms in total. The Balaban J connectivity index is 2.17. The number of aromatic nitrogens is 2. The second-order valence-corrected chi connectivity index (χ2v) is 5.94. The summed E-state index contributed by atoms with van der Waals surface area (Å²) in [4.78, 5) is 1.07. The van der Waals surface area contributed by atoms with Gasteiger partial charge in [-0.1, -0.05) is 27.3 Å². The molecule has 6 heteroatoms. The molecular weight excluding hydrogens is 329 g/mol. The molecule has 1 N–H and O–H groups in total. The van der Waals surface area contributed by atoms with Crippen LogP contribution in [0.15, 0.2) is 28.9 Å². The maximum Gasteiger partial charge on any atom is 0.123 e. The molecule has 0 saturated carbocycles. The molecule has 19 heavy (non-hydrogen) atoms. The lowest BCUT2D eigenvalue weighted by Gasteiger charge is -2.17. The van der Waals surface area contributed by atoms with Crippen molar-refractivity contribution in [3.05, 3.63) is 45.1 Å². The molecule has 1 atom stereocenters. The third kappa shape index (κ3) is 4.06. The summed E-state index contributed by atoms with van der Waals surface area (Å²) in [7, 11) is 0. The highest BCUT2D eigenvalue weighted by atomic mass is 79.9. The van der Waals surface area contributed by atoms with E-state index in [-0.39, 0.29) is 11.9 Å². The van der Waals surface area contributed by atoms with E-state index < -0.39 is 0 Å². The molecule has 0 aliphatic heterocycles. The van der Waals surface area contributed by atoms with Crippen LogP contribution in [-0.4, -0.2) is 16.1 Å². The van der Waals surface area contributed by atoms with Gasteiger partial charge in [0.05, 0.1) is 11.1 Å². The highest BCUT2D eigenvalue weighted by Gasteiger charge is 2.15. The predicted molar refractivity (Wildman–Crippen MR) is 78.7 cm³/mol. The van der Waals surface area contributed by atoms with Gasteiger partial charge in [-0.15, -0.1) is 5.10 Å². The third-order valence-corrected chi connectivity index (χ3v) is 4.34. The van der Waals surface area contributed by atoms with Gasteiger partial charge in [0.2, 0.25) is 0 Å². The first-order chi connectivity index (χ1) is 9.20. The van der Waals surface area contributed by atoms with Crippen LogP contribution in [0.1, 0.15) is 29.8 Å². The van der Waals surface area contributed by atoms with Crippen LogP contribution in [0.25, 0.3) is 0 Å². The number of rotatable bonds is 6. The summed E-state index contributed by atoms with van der Waals surface area (Å²) in [6.45, 7) is 3.03. The fraction of sp³-hybridized carbons (Fsp3) is 0.385. The molecule has 2 rings (SSSR count). The average Bonchev–Trinajstić information content (AvgIpc) is 2.92. The van der Waals surface area contributed by atoms with Crippen molar-refractivity contribution < 1.29 is 4.39 Å². The number of hydrogen-bond acceptors (Lipinski definition) is 4. The summed E-state index contributed by atoms with van der Waals surface area (Å²) in [5.41, 5.74) is 0.946. The standard InChI is InChI=1S/C13H15BrFN3S/c1-2-5-16-12(13-8-17-18-19-13)7-9-6-10(15)3-4-11(9)14/h3-4,6,8,12,16H,2,5,7H2,1H3. The van der Waals surface area contributed by atoms with Crippen LogP contribution in [-0.2, 0) is 6.42 Å². The van der Waals surface area contributed by atoms with Crippen LogP contribution >= 0.6 is 27.5 Å². The molecule has 0 fully saturated rings. The van der Waals surface area contributed by atoms with Crippen molar-refractivity contribution in [2.24, 2.45) is 0 Å². The second kappa shape index (κ2) is 7.07. The van der Waals surface area contributed by atoms with E-state index in [2.05, 4.69) is 37.8 Å². The van der Waals surface area contributed by atoms with Crippen molar-refractivity contribution in [2.45, 2.75) is 25.8 Å². The number of nitrogens with zero attached hydrogens (tertiary/aromatic N) is 2. The molecule has 0 bridgehead atoms. The molecule has 0 amide bonds. The summed E-state index contributed by atoms with van der Waals surface area (Å²) in [6.07, 6.45) is 3.53. The Hall–Kier alpha value is -0.850. The molecular formula is C13H15BrFN3S. The molecule has 1 unspecified atom stereocenters. The lowest BCUT2D eigenvalue weighted by molar-refractivity contribution is 0.533. The smallest absolute Gasteiger partial charge is 0.123 e. The van der Waals surface area contributed by atoms with E-state index in [1.165, 1.54) is 17.6 Å². The van der Waals surface area contributed by atoms with Crippen molar-refractivity contribution in [1.29, 1.82) is 0 Å². The van der Waals surface area contributed by atoms with Gasteiger partial charge in [0.1, 0.15) is 5.82 Å². The predicted octanol–water partition coefficient (Wildman–Crippen LogP) is 3.72. The Labute approximate surface area is 124 Å². The molecule has 1 aromatic carbocycles. The van der Waals surface area contributed by atoms with E-state index in [0.29, 0.717) is 6.42 Å². The highest BCUT2D eigenvalue weighted by molar-refractivity contribution is 9.10. The zero-order chi connectivity index (χ0) is 13.7. The monoisotopic (exact) mass is 343 g/mol. The summed E-state index contributed by atoms with van der Waals surface area (Å²) >= 11 is 4.85. The lowest BCUT2D eigenvalue weighted by Crippen LogP contribution is -2.23. The zero-order valence-corrected chi connectivity index (χ0v) is 13.0. The van der Waals surface area contributed by atoms with Crippen LogP contribution < -0.4 is 5.32 Å². The summed E-state index contributed by atoms with van der Waals surface area (Å²) in [6, 6.07) is 4.89. The van der Waals surface area contributed by atoms with E-state index in [4.69, 9.17) is 0 Å². The van der Waals surface area contributed by atoms with Crippen molar-refractivity contribution in [3.63, 3.8) is 0 Å². The normalized spacial score (nSPS) is 12.6. The molecule has 2 aromatic rings. The Bertz CT molecular complexity index is 519. The number of halogens is 2. The Morgan fingerprint density at radius 1 is 1.47 bits per heavy atom. The first-order valence-electron chi connectivity index (χ1n) is 6.15. The summed E-state index contributed by atoms with van der Waals surface area (Å²) in [5, 5.41) is 7.33. The van der Waals surface area contributed by atoms with Gasteiger partial charge in [-0.2, -0.15) is 0 Å². The van der Waals surface area contributed by atoms with Gasteiger partial charge in [-0.05, 0) is 54.7 Å². The van der Waals surface area contributed by atoms with Gasteiger partial charge in [0, 0.05) is 10.5 Å². The van der Waals surface area contributed by atoms with Crippen LogP contribution in [0, 0.1) is 5.82 Å². The first kappa shape index (κ1) is 14.6. The average molecular weight is 344 g/mol. The van der Waals surface area contributed by atoms with Gasteiger partial charge < -0.3 is 5.32 Å². The van der Waals surface area contributed by atoms with Crippen LogP contribution in [0.4, 0.5) is 4.39 Å². The molecule has 0 aliphatic rings. The number of benzene rings is 1. The van der Waals surface area contributed by atoms with Crippen molar-refractivity contribution in [3.8, 4) is 0 Å². The van der Waals surface area contributed by atoms with Gasteiger partial charge in [0.25, 0.3) is 0 Å². The van der Waals surface area contributed by atoms with Gasteiger partial charge in [-0.3, -0.25) is 0 Å². The fourth-order valence-corrected chi connectivity index (χ4v) is 2.83. The van der Waals surface area contributed by atoms with Gasteiger partial charge >= 0.3 is 0 Å². The molecule has 0 saturated heterocycles. The van der Waals surface area contributed by atoms with Gasteiger partial charge in [-0.25, -0.2) is 4.39 Å². The van der Waals surface area contributed by atoms with Crippen LogP contribution in [0.3, 0.4) is 0 Å². The first-order valence-corrected chi connectivity index (χ1v) is 7.72. The number of nitrogens with one attached hydrogen (secondary N) is 1. The van der Waals surface area contributed by atoms with Crippen molar-refractivity contribution >= 4 is 27.5 Å². The Morgan fingerprint density at radius 3 is 3.00 bits per heavy atom. The third-order valence-electron chi connectivity index (χ3n) is 2.79. The zero-order valence-electron chi connectivity index (χ0n) is 10.6. The fourth-order valence-electron chi connectivity index (χ4n) is 1.84. The lowest BCUT2D eigenvalue weighted by atomic mass is 10.0. The van der Waals surface area contributed by atoms with Gasteiger partial charge in [0.15, 0.2) is 0 Å². The maximum absolute atomic E-state index is 13.3. The van der Waals surface area contributed by atoms with E-state index in [9.17, 15) is 4.39 Å². The molecule has 102 valence electrons. The van der Waals surface area contributed by atoms with E-state index >= 15 is 0 Å². The minimum Gasteiger partial charge on any atom is -0.309 e. The minimum atomic E-state index is -0.213. The molecule has 1 heterocycles. The molecule has 0 radical (unpaired) electrons. The largest absolute Gasteiger partial charge is 0.309 e. The quantitative estimate of drug-likeness (QED) is 0.868. The highest BCUT2D eigenvalue weighted by Crippen LogP contribution is 2.25. The summed E-state index contributed by atoms with van der Waals surface area (Å²) < 4.78 is 18.2. The molecule has 0 spiro atoms. The van der Waals surface area contributed by atoms with E-state index in [1.807, 2.05) is 0 Å². The van der Waals surface area contributed by atoms with Crippen LogP contribution in [0.2, 0.25) is 0 Å². The SMILES string of the molecule is CCCNC(Cc1cc(F)ccc1Br)c1cnns1. The maximum atomic E-state index is 13.3. The number of hydrogen-bond donors (Lipinski definition) is 1. The second-order valence-electron chi connectivity index (χ2n) is 4.27. The van der Waals surface area contributed by atoms with Crippen molar-refractivity contribution in [1.82, 2.24) is 14.9 Å². The topological polar surface area (TPSA) is 37.8 Å². The van der Waals surface area contributed by atoms with E-state index in [1.54, 1.807) is 18.3 Å². The van der Waals surface area contributed by atoms with Crippen LogP contribution in [0.5, 0.6) is 0 Å². The molecule has 1 aromatic heterocycles. The van der Waals surface area contributed by atoms with Crippen molar-refractivity contribution in [2.75, 3.05) is 6.54 Å². The molecule has 0 aliphatic carbocycles. The Kier molecular flexibility index (Phi) is 5.42. The Morgan fingerprint density at radius 2 is 2.32 bits per heavy atom. The summed E-state index contributed by atoms with van der Waals surface area (Å²) in [5.74, 6) is -0.213. The van der Waals surface area contributed by atoms with E-state index in [0.717, 1.165) is 27.9 Å². The minimum absolute atomic E-state index is 0.123.